The SMILES string of the molecule is CCCCCc1c(Cl)c(Cl)nc(Cl)c1Cl.CN(C)N=Nc1ccccc1. The molecule has 1 heterocycles. The van der Waals surface area contributed by atoms with Gasteiger partial charge in [0.15, 0.2) is 0 Å². The summed E-state index contributed by atoms with van der Waals surface area (Å²) in [5.74, 6) is 0. The van der Waals surface area contributed by atoms with E-state index in [9.17, 15) is 0 Å². The van der Waals surface area contributed by atoms with Crippen molar-refractivity contribution in [1.29, 1.82) is 0 Å². The van der Waals surface area contributed by atoms with E-state index in [1.165, 1.54) is 0 Å². The van der Waals surface area contributed by atoms with Crippen molar-refractivity contribution in [3.05, 3.63) is 56.2 Å². The molecule has 0 aliphatic heterocycles. The Morgan fingerprint density at radius 1 is 0.923 bits per heavy atom. The molecular formula is C18H22Cl4N4. The van der Waals surface area contributed by atoms with Crippen molar-refractivity contribution in [2.24, 2.45) is 10.3 Å². The quantitative estimate of drug-likeness (QED) is 0.202. The van der Waals surface area contributed by atoms with Gasteiger partial charge in [0.05, 0.1) is 15.7 Å². The third kappa shape index (κ3) is 8.09. The molecule has 0 unspecified atom stereocenters. The summed E-state index contributed by atoms with van der Waals surface area (Å²) in [6, 6.07) is 9.64. The van der Waals surface area contributed by atoms with Crippen molar-refractivity contribution in [3.8, 4) is 0 Å². The second kappa shape index (κ2) is 12.3. The number of hydrogen-bond donors (Lipinski definition) is 0. The number of hydrogen-bond acceptors (Lipinski definition) is 3. The van der Waals surface area contributed by atoms with Crippen LogP contribution in [0.4, 0.5) is 5.69 Å². The highest BCUT2D eigenvalue weighted by atomic mass is 35.5. The largest absolute Gasteiger partial charge is 0.285 e. The van der Waals surface area contributed by atoms with E-state index in [4.69, 9.17) is 46.4 Å². The van der Waals surface area contributed by atoms with E-state index in [0.29, 0.717) is 10.0 Å². The lowest BCUT2D eigenvalue weighted by molar-refractivity contribution is 0.408. The Bertz CT molecular complexity index is 680. The van der Waals surface area contributed by atoms with E-state index >= 15 is 0 Å². The van der Waals surface area contributed by atoms with E-state index in [0.717, 1.165) is 36.9 Å². The number of rotatable bonds is 6. The summed E-state index contributed by atoms with van der Waals surface area (Å²) in [4.78, 5) is 3.83. The van der Waals surface area contributed by atoms with Crippen LogP contribution in [-0.2, 0) is 6.42 Å². The van der Waals surface area contributed by atoms with Crippen LogP contribution in [0, 0.1) is 0 Å². The molecular weight excluding hydrogens is 414 g/mol. The first kappa shape index (κ1) is 23.0. The average Bonchev–Trinajstić information content (AvgIpc) is 2.63. The fourth-order valence-corrected chi connectivity index (χ4v) is 2.89. The minimum atomic E-state index is 0.220. The molecule has 0 saturated carbocycles. The molecule has 2 aromatic rings. The lowest BCUT2D eigenvalue weighted by Crippen LogP contribution is -1.98. The fraction of sp³-hybridized carbons (Fsp3) is 0.389. The lowest BCUT2D eigenvalue weighted by atomic mass is 10.1. The highest BCUT2D eigenvalue weighted by Crippen LogP contribution is 2.35. The maximum Gasteiger partial charge on any atom is 0.149 e. The van der Waals surface area contributed by atoms with Gasteiger partial charge in [-0.05, 0) is 30.5 Å². The van der Waals surface area contributed by atoms with Gasteiger partial charge < -0.3 is 0 Å². The van der Waals surface area contributed by atoms with Crippen LogP contribution in [0.25, 0.3) is 0 Å². The lowest BCUT2D eigenvalue weighted by Gasteiger charge is -2.08. The fourth-order valence-electron chi connectivity index (χ4n) is 1.94. The summed E-state index contributed by atoms with van der Waals surface area (Å²) in [5, 5.41) is 10.7. The monoisotopic (exact) mass is 434 g/mol. The molecule has 1 aromatic carbocycles. The van der Waals surface area contributed by atoms with Gasteiger partial charge in [-0.15, -0.1) is 5.11 Å². The first-order valence-electron chi connectivity index (χ1n) is 8.19. The molecule has 0 N–H and O–H groups in total. The Labute approximate surface area is 175 Å². The second-order valence-corrected chi connectivity index (χ2v) is 7.10. The first-order valence-corrected chi connectivity index (χ1v) is 9.70. The number of pyridine rings is 1. The van der Waals surface area contributed by atoms with Crippen LogP contribution in [0.1, 0.15) is 31.7 Å². The van der Waals surface area contributed by atoms with Crippen LogP contribution in [0.3, 0.4) is 0 Å². The van der Waals surface area contributed by atoms with Crippen molar-refractivity contribution in [2.75, 3.05) is 14.1 Å². The van der Waals surface area contributed by atoms with Crippen LogP contribution in [0.5, 0.6) is 0 Å². The van der Waals surface area contributed by atoms with Crippen LogP contribution in [0.15, 0.2) is 40.7 Å². The first-order chi connectivity index (χ1) is 12.4. The highest BCUT2D eigenvalue weighted by Gasteiger charge is 2.14. The van der Waals surface area contributed by atoms with Crippen molar-refractivity contribution in [1.82, 2.24) is 9.99 Å². The predicted octanol–water partition coefficient (Wildman–Crippen LogP) is 7.67. The number of aromatic nitrogens is 1. The molecule has 26 heavy (non-hydrogen) atoms. The summed E-state index contributed by atoms with van der Waals surface area (Å²) in [7, 11) is 3.68. The molecule has 8 heteroatoms. The van der Waals surface area contributed by atoms with Gasteiger partial charge in [-0.25, -0.2) is 4.98 Å². The minimum absolute atomic E-state index is 0.220. The summed E-state index contributed by atoms with van der Waals surface area (Å²) >= 11 is 23.7. The van der Waals surface area contributed by atoms with E-state index in [1.807, 2.05) is 44.4 Å². The molecule has 1 aromatic heterocycles. The number of benzene rings is 1. The van der Waals surface area contributed by atoms with Gasteiger partial charge in [0.25, 0.3) is 0 Å². The molecule has 0 atom stereocenters. The maximum absolute atomic E-state index is 6.01. The molecule has 4 nitrogen and oxygen atoms in total. The smallest absolute Gasteiger partial charge is 0.149 e. The van der Waals surface area contributed by atoms with Gasteiger partial charge in [0.2, 0.25) is 0 Å². The zero-order valence-electron chi connectivity index (χ0n) is 15.0. The minimum Gasteiger partial charge on any atom is -0.285 e. The normalized spacial score (nSPS) is 10.6. The van der Waals surface area contributed by atoms with E-state index in [2.05, 4.69) is 22.2 Å². The van der Waals surface area contributed by atoms with Crippen LogP contribution >= 0.6 is 46.4 Å². The second-order valence-electron chi connectivity index (χ2n) is 5.63. The van der Waals surface area contributed by atoms with Gasteiger partial charge in [-0.1, -0.05) is 89.6 Å². The number of nitrogens with zero attached hydrogens (tertiary/aromatic N) is 4. The van der Waals surface area contributed by atoms with Gasteiger partial charge in [-0.2, -0.15) is 0 Å². The Hall–Kier alpha value is -1.07. The average molecular weight is 436 g/mol. The third-order valence-electron chi connectivity index (χ3n) is 3.21. The Balaban J connectivity index is 0.000000273. The van der Waals surface area contributed by atoms with Gasteiger partial charge >= 0.3 is 0 Å². The third-order valence-corrected chi connectivity index (χ3v) is 4.77. The van der Waals surface area contributed by atoms with Crippen molar-refractivity contribution < 1.29 is 0 Å². The van der Waals surface area contributed by atoms with Crippen molar-refractivity contribution in [3.63, 3.8) is 0 Å². The zero-order valence-corrected chi connectivity index (χ0v) is 18.0. The Morgan fingerprint density at radius 3 is 2.00 bits per heavy atom. The van der Waals surface area contributed by atoms with Crippen molar-refractivity contribution >= 4 is 52.1 Å². The Morgan fingerprint density at radius 2 is 1.50 bits per heavy atom. The molecule has 142 valence electrons. The number of unbranched alkanes of at least 4 members (excludes halogenated alkanes) is 2. The van der Waals surface area contributed by atoms with E-state index < -0.39 is 0 Å². The summed E-state index contributed by atoms with van der Waals surface area (Å²) in [6.07, 6.45) is 4.08. The molecule has 0 saturated heterocycles. The summed E-state index contributed by atoms with van der Waals surface area (Å²) in [5.41, 5.74) is 1.68. The summed E-state index contributed by atoms with van der Waals surface area (Å²) in [6.45, 7) is 2.13. The van der Waals surface area contributed by atoms with Crippen molar-refractivity contribution in [2.45, 2.75) is 32.6 Å². The molecule has 0 aliphatic carbocycles. The molecule has 0 amide bonds. The van der Waals surface area contributed by atoms with Gasteiger partial charge in [0.1, 0.15) is 10.3 Å². The predicted molar refractivity (Wildman–Crippen MR) is 112 cm³/mol. The van der Waals surface area contributed by atoms with E-state index in [1.54, 1.807) is 5.01 Å². The van der Waals surface area contributed by atoms with Gasteiger partial charge in [-0.3, -0.25) is 5.01 Å². The van der Waals surface area contributed by atoms with Crippen LogP contribution in [-0.4, -0.2) is 24.1 Å². The zero-order chi connectivity index (χ0) is 19.5. The van der Waals surface area contributed by atoms with Crippen LogP contribution < -0.4 is 0 Å². The van der Waals surface area contributed by atoms with Gasteiger partial charge in [0, 0.05) is 14.1 Å². The molecule has 0 fully saturated rings. The number of halogens is 4. The topological polar surface area (TPSA) is 40.9 Å². The van der Waals surface area contributed by atoms with E-state index in [-0.39, 0.29) is 10.3 Å². The standard InChI is InChI=1S/C10H11Cl4N.C8H11N3/c1-2-3-4-5-6-7(11)9(13)15-10(14)8(6)12;1-11(2)10-9-8-6-4-3-5-7-8/h2-5H2,1H3;3-7H,1-2H3. The molecule has 0 spiro atoms. The molecule has 2 rings (SSSR count). The maximum atomic E-state index is 6.01. The molecule has 0 bridgehead atoms. The summed E-state index contributed by atoms with van der Waals surface area (Å²) < 4.78 is 0. The molecule has 0 aliphatic rings. The molecule has 0 radical (unpaired) electrons. The highest BCUT2D eigenvalue weighted by molar-refractivity contribution is 6.46. The Kier molecular flexibility index (Phi) is 10.9. The van der Waals surface area contributed by atoms with Crippen LogP contribution in [0.2, 0.25) is 20.4 Å².